The molecule has 0 amide bonds. The van der Waals surface area contributed by atoms with E-state index in [0.29, 0.717) is 0 Å². The molecule has 0 radical (unpaired) electrons. The largest absolute Gasteiger partial charge is 0.151 e. The first-order valence-corrected chi connectivity index (χ1v) is 4.72. The molecule has 0 fully saturated rings. The number of hydrogen-bond acceptors (Lipinski definition) is 1. The van der Waals surface area contributed by atoms with Crippen molar-refractivity contribution in [3.05, 3.63) is 22.6 Å². The fourth-order valence-corrected chi connectivity index (χ4v) is 0.989. The lowest BCUT2D eigenvalue weighted by atomic mass is 10.1. The van der Waals surface area contributed by atoms with Gasteiger partial charge < -0.3 is 0 Å². The van der Waals surface area contributed by atoms with Crippen molar-refractivity contribution in [2.24, 2.45) is 0 Å². The smallest absolute Gasteiger partial charge is 0.0292 e. The highest BCUT2D eigenvalue weighted by atomic mass is 32.1. The molecular weight excluding hydrogens is 152 g/mol. The van der Waals surface area contributed by atoms with Crippen molar-refractivity contribution in [1.29, 1.82) is 0 Å². The van der Waals surface area contributed by atoms with Crippen molar-refractivity contribution in [3.63, 3.8) is 0 Å². The van der Waals surface area contributed by atoms with Gasteiger partial charge >= 0.3 is 0 Å². The standard InChI is InChI=1S/C10H18S/c1-4-5-6-7-9(2)10(3)8-11/h7-8,11H,4-6H2,1-3H3/b9-7+,10-8-. The first kappa shape index (κ1) is 10.8. The molecule has 0 aliphatic rings. The van der Waals surface area contributed by atoms with Crippen molar-refractivity contribution in [2.75, 3.05) is 0 Å². The summed E-state index contributed by atoms with van der Waals surface area (Å²) in [5, 5.41) is 1.86. The normalized spacial score (nSPS) is 13.8. The molecule has 0 bridgehead atoms. The van der Waals surface area contributed by atoms with Gasteiger partial charge in [-0.05, 0) is 31.2 Å². The van der Waals surface area contributed by atoms with E-state index in [1.807, 2.05) is 5.41 Å². The second-order valence-electron chi connectivity index (χ2n) is 2.84. The third kappa shape index (κ3) is 5.14. The lowest BCUT2D eigenvalue weighted by Crippen LogP contribution is -1.78. The van der Waals surface area contributed by atoms with Gasteiger partial charge in [-0.1, -0.05) is 31.4 Å². The van der Waals surface area contributed by atoms with E-state index in [4.69, 9.17) is 0 Å². The van der Waals surface area contributed by atoms with E-state index in [1.54, 1.807) is 0 Å². The summed E-state index contributed by atoms with van der Waals surface area (Å²) in [6, 6.07) is 0. The summed E-state index contributed by atoms with van der Waals surface area (Å²) in [6.45, 7) is 6.44. The Kier molecular flexibility index (Phi) is 6.43. The summed E-state index contributed by atoms with van der Waals surface area (Å²) in [6.07, 6.45) is 6.04. The summed E-state index contributed by atoms with van der Waals surface area (Å²) in [4.78, 5) is 0. The van der Waals surface area contributed by atoms with Crippen LogP contribution in [-0.2, 0) is 0 Å². The lowest BCUT2D eigenvalue weighted by molar-refractivity contribution is 0.811. The van der Waals surface area contributed by atoms with E-state index in [0.717, 1.165) is 0 Å². The van der Waals surface area contributed by atoms with E-state index in [2.05, 4.69) is 39.5 Å². The highest BCUT2D eigenvalue weighted by Crippen LogP contribution is 2.10. The summed E-state index contributed by atoms with van der Waals surface area (Å²) in [5.74, 6) is 0. The molecule has 1 heteroatoms. The molecule has 0 atom stereocenters. The summed E-state index contributed by atoms with van der Waals surface area (Å²) in [5.41, 5.74) is 2.62. The number of rotatable bonds is 4. The molecule has 0 saturated heterocycles. The molecule has 11 heavy (non-hydrogen) atoms. The third-order valence-corrected chi connectivity index (χ3v) is 2.21. The average molecular weight is 170 g/mol. The van der Waals surface area contributed by atoms with E-state index in [9.17, 15) is 0 Å². The van der Waals surface area contributed by atoms with Crippen molar-refractivity contribution >= 4 is 12.6 Å². The van der Waals surface area contributed by atoms with Gasteiger partial charge in [-0.3, -0.25) is 0 Å². The zero-order valence-electron chi connectivity index (χ0n) is 7.72. The molecule has 0 nitrogen and oxygen atoms in total. The molecule has 0 unspecified atom stereocenters. The van der Waals surface area contributed by atoms with Crippen LogP contribution in [0.3, 0.4) is 0 Å². The Labute approximate surface area is 75.8 Å². The van der Waals surface area contributed by atoms with Crippen LogP contribution in [0, 0.1) is 0 Å². The monoisotopic (exact) mass is 170 g/mol. The maximum Gasteiger partial charge on any atom is -0.0292 e. The first-order chi connectivity index (χ1) is 5.22. The zero-order chi connectivity index (χ0) is 8.69. The van der Waals surface area contributed by atoms with Crippen LogP contribution in [0.15, 0.2) is 22.6 Å². The molecule has 0 aromatic heterocycles. The highest BCUT2D eigenvalue weighted by molar-refractivity contribution is 7.83. The number of unbranched alkanes of at least 4 members (excludes halogenated alkanes) is 2. The van der Waals surface area contributed by atoms with Crippen LogP contribution in [0.4, 0.5) is 0 Å². The summed E-state index contributed by atoms with van der Waals surface area (Å²) < 4.78 is 0. The van der Waals surface area contributed by atoms with Crippen molar-refractivity contribution in [2.45, 2.75) is 40.0 Å². The van der Waals surface area contributed by atoms with Crippen LogP contribution in [0.5, 0.6) is 0 Å². The molecule has 0 aromatic carbocycles. The minimum absolute atomic E-state index is 1.20. The van der Waals surface area contributed by atoms with Crippen LogP contribution in [0.1, 0.15) is 40.0 Å². The van der Waals surface area contributed by atoms with Crippen LogP contribution in [0.25, 0.3) is 0 Å². The Morgan fingerprint density at radius 3 is 2.36 bits per heavy atom. The van der Waals surface area contributed by atoms with Gasteiger partial charge in [-0.25, -0.2) is 0 Å². The van der Waals surface area contributed by atoms with E-state index in [1.165, 1.54) is 30.4 Å². The van der Waals surface area contributed by atoms with Crippen molar-refractivity contribution in [1.82, 2.24) is 0 Å². The van der Waals surface area contributed by atoms with Crippen LogP contribution in [0.2, 0.25) is 0 Å². The van der Waals surface area contributed by atoms with Gasteiger partial charge in [0.25, 0.3) is 0 Å². The Morgan fingerprint density at radius 1 is 1.27 bits per heavy atom. The minimum Gasteiger partial charge on any atom is -0.151 e. The summed E-state index contributed by atoms with van der Waals surface area (Å²) >= 11 is 4.10. The van der Waals surface area contributed by atoms with Gasteiger partial charge in [0.1, 0.15) is 0 Å². The van der Waals surface area contributed by atoms with E-state index < -0.39 is 0 Å². The number of hydrogen-bond donors (Lipinski definition) is 1. The predicted octanol–water partition coefficient (Wildman–Crippen LogP) is 3.96. The van der Waals surface area contributed by atoms with Gasteiger partial charge in [-0.2, -0.15) is 12.6 Å². The van der Waals surface area contributed by atoms with Crippen molar-refractivity contribution in [3.8, 4) is 0 Å². The Balaban J connectivity index is 3.81. The second-order valence-corrected chi connectivity index (χ2v) is 3.10. The number of thiol groups is 1. The summed E-state index contributed by atoms with van der Waals surface area (Å²) in [7, 11) is 0. The van der Waals surface area contributed by atoms with Gasteiger partial charge in [-0.15, -0.1) is 0 Å². The molecule has 0 rings (SSSR count). The maximum atomic E-state index is 4.10. The third-order valence-electron chi connectivity index (χ3n) is 1.82. The SMILES string of the molecule is CCCC/C=C(C)/C(C)=C\S. The van der Waals surface area contributed by atoms with Gasteiger partial charge in [0.2, 0.25) is 0 Å². The fraction of sp³-hybridized carbons (Fsp3) is 0.600. The Hall–Kier alpha value is -0.170. The topological polar surface area (TPSA) is 0 Å². The van der Waals surface area contributed by atoms with Crippen molar-refractivity contribution < 1.29 is 0 Å². The van der Waals surface area contributed by atoms with E-state index >= 15 is 0 Å². The Morgan fingerprint density at radius 2 is 1.91 bits per heavy atom. The molecule has 0 N–H and O–H groups in total. The Bertz CT molecular complexity index is 154. The fourth-order valence-electron chi connectivity index (χ4n) is 0.785. The lowest BCUT2D eigenvalue weighted by Gasteiger charge is -1.98. The minimum atomic E-state index is 1.20. The van der Waals surface area contributed by atoms with Gasteiger partial charge in [0.15, 0.2) is 0 Å². The second kappa shape index (κ2) is 6.53. The highest BCUT2D eigenvalue weighted by Gasteiger charge is 1.89. The molecule has 0 saturated carbocycles. The van der Waals surface area contributed by atoms with E-state index in [-0.39, 0.29) is 0 Å². The van der Waals surface area contributed by atoms with Crippen LogP contribution < -0.4 is 0 Å². The molecular formula is C10H18S. The van der Waals surface area contributed by atoms with Gasteiger partial charge in [0.05, 0.1) is 0 Å². The molecule has 0 aliphatic heterocycles. The number of allylic oxidation sites excluding steroid dienone is 3. The zero-order valence-corrected chi connectivity index (χ0v) is 8.62. The first-order valence-electron chi connectivity index (χ1n) is 4.20. The molecule has 0 heterocycles. The predicted molar refractivity (Wildman–Crippen MR) is 56.0 cm³/mol. The molecule has 0 spiro atoms. The maximum absolute atomic E-state index is 4.10. The molecule has 0 aromatic rings. The van der Waals surface area contributed by atoms with Crippen LogP contribution >= 0.6 is 12.6 Å². The molecule has 64 valence electrons. The average Bonchev–Trinajstić information content (AvgIpc) is 2.03. The quantitative estimate of drug-likeness (QED) is 0.368. The van der Waals surface area contributed by atoms with Gasteiger partial charge in [0, 0.05) is 0 Å². The van der Waals surface area contributed by atoms with Crippen LogP contribution in [-0.4, -0.2) is 0 Å². The molecule has 0 aliphatic carbocycles.